The fraction of sp³-hybridized carbons (Fsp3) is 0.273. The van der Waals surface area contributed by atoms with Crippen LogP contribution in [-0.2, 0) is 11.3 Å². The molecule has 0 atom stereocenters. The molecular weight excluding hydrogens is 458 g/mol. The fourth-order valence-corrected chi connectivity index (χ4v) is 5.01. The Labute approximate surface area is 192 Å². The number of nitrogen functional groups attached to an aromatic ring is 1. The van der Waals surface area contributed by atoms with Crippen molar-refractivity contribution in [3.63, 3.8) is 0 Å². The van der Waals surface area contributed by atoms with Crippen LogP contribution in [0.25, 0.3) is 21.3 Å². The second kappa shape index (κ2) is 9.01. The van der Waals surface area contributed by atoms with E-state index in [1.54, 1.807) is 11.0 Å². The van der Waals surface area contributed by atoms with Crippen molar-refractivity contribution in [1.29, 1.82) is 0 Å². The maximum atomic E-state index is 15.6. The number of rotatable bonds is 5. The SMILES string of the molecule is C=CC(=O)N1CCN(Cc2cc(Cl)c(-c3ccc(F)c4sc(N)nc34)c(F)c2OC)CC1. The molecule has 0 aliphatic carbocycles. The normalized spacial score (nSPS) is 14.7. The summed E-state index contributed by atoms with van der Waals surface area (Å²) < 4.78 is 35.5. The van der Waals surface area contributed by atoms with Gasteiger partial charge in [-0.1, -0.05) is 29.5 Å². The lowest BCUT2D eigenvalue weighted by Gasteiger charge is -2.34. The first kappa shape index (κ1) is 22.4. The molecule has 32 heavy (non-hydrogen) atoms. The van der Waals surface area contributed by atoms with Crippen molar-refractivity contribution in [2.45, 2.75) is 6.54 Å². The number of halogens is 3. The summed E-state index contributed by atoms with van der Waals surface area (Å²) >= 11 is 7.51. The number of amides is 1. The molecule has 0 unspecified atom stereocenters. The molecule has 10 heteroatoms. The summed E-state index contributed by atoms with van der Waals surface area (Å²) in [6.45, 7) is 6.28. The Morgan fingerprint density at radius 2 is 2.06 bits per heavy atom. The second-order valence-electron chi connectivity index (χ2n) is 7.37. The van der Waals surface area contributed by atoms with E-state index < -0.39 is 11.6 Å². The Morgan fingerprint density at radius 1 is 1.34 bits per heavy atom. The molecule has 2 aromatic carbocycles. The number of aromatic nitrogens is 1. The highest BCUT2D eigenvalue weighted by Crippen LogP contribution is 2.42. The fourth-order valence-electron chi connectivity index (χ4n) is 3.93. The molecule has 1 amide bonds. The van der Waals surface area contributed by atoms with E-state index in [0.717, 1.165) is 11.3 Å². The van der Waals surface area contributed by atoms with Crippen molar-refractivity contribution in [3.05, 3.63) is 53.1 Å². The molecule has 4 rings (SSSR count). The van der Waals surface area contributed by atoms with Crippen LogP contribution in [0.3, 0.4) is 0 Å². The molecule has 1 saturated heterocycles. The third-order valence-electron chi connectivity index (χ3n) is 5.49. The third-order valence-corrected chi connectivity index (χ3v) is 6.68. The van der Waals surface area contributed by atoms with Gasteiger partial charge in [-0.15, -0.1) is 0 Å². The predicted octanol–water partition coefficient (Wildman–Crippen LogP) is 4.32. The number of nitrogens with two attached hydrogens (primary N) is 1. The zero-order chi connectivity index (χ0) is 23.0. The van der Waals surface area contributed by atoms with Crippen LogP contribution < -0.4 is 10.5 Å². The molecular formula is C22H21ClF2N4O2S. The van der Waals surface area contributed by atoms with Crippen LogP contribution >= 0.6 is 22.9 Å². The van der Waals surface area contributed by atoms with Gasteiger partial charge in [-0.3, -0.25) is 9.69 Å². The van der Waals surface area contributed by atoms with Gasteiger partial charge in [-0.2, -0.15) is 0 Å². The van der Waals surface area contributed by atoms with Crippen LogP contribution in [0.1, 0.15) is 5.56 Å². The number of methoxy groups -OCH3 is 1. The average Bonchev–Trinajstić information content (AvgIpc) is 3.18. The van der Waals surface area contributed by atoms with Crippen LogP contribution in [0.4, 0.5) is 13.9 Å². The van der Waals surface area contributed by atoms with Crippen molar-refractivity contribution < 1.29 is 18.3 Å². The highest BCUT2D eigenvalue weighted by atomic mass is 35.5. The van der Waals surface area contributed by atoms with E-state index in [0.29, 0.717) is 43.9 Å². The van der Waals surface area contributed by atoms with Gasteiger partial charge in [-0.05, 0) is 24.3 Å². The number of nitrogens with zero attached hydrogens (tertiary/aromatic N) is 3. The first-order valence-corrected chi connectivity index (χ1v) is 11.1. The van der Waals surface area contributed by atoms with Crippen LogP contribution in [-0.4, -0.2) is 54.0 Å². The first-order chi connectivity index (χ1) is 15.3. The number of hydrogen-bond donors (Lipinski definition) is 1. The minimum atomic E-state index is -0.644. The quantitative estimate of drug-likeness (QED) is 0.553. The zero-order valence-corrected chi connectivity index (χ0v) is 18.9. The molecule has 3 aromatic rings. The van der Waals surface area contributed by atoms with Gasteiger partial charge in [0, 0.05) is 49.4 Å². The minimum absolute atomic E-state index is 0.0645. The van der Waals surface area contributed by atoms with Crippen molar-refractivity contribution in [3.8, 4) is 16.9 Å². The summed E-state index contributed by atoms with van der Waals surface area (Å²) in [5, 5.41) is 0.346. The van der Waals surface area contributed by atoms with E-state index in [1.165, 1.54) is 25.3 Å². The maximum Gasteiger partial charge on any atom is 0.246 e. The summed E-state index contributed by atoms with van der Waals surface area (Å²) in [5.74, 6) is -1.16. The van der Waals surface area contributed by atoms with Gasteiger partial charge in [-0.25, -0.2) is 13.8 Å². The smallest absolute Gasteiger partial charge is 0.246 e. The highest BCUT2D eigenvalue weighted by Gasteiger charge is 2.26. The number of carbonyl (C=O) groups is 1. The Morgan fingerprint density at radius 3 is 2.72 bits per heavy atom. The van der Waals surface area contributed by atoms with E-state index in [4.69, 9.17) is 22.1 Å². The lowest BCUT2D eigenvalue weighted by Crippen LogP contribution is -2.47. The molecule has 0 spiro atoms. The van der Waals surface area contributed by atoms with E-state index in [1.807, 2.05) is 0 Å². The van der Waals surface area contributed by atoms with E-state index in [-0.39, 0.29) is 37.6 Å². The average molecular weight is 479 g/mol. The highest BCUT2D eigenvalue weighted by molar-refractivity contribution is 7.22. The first-order valence-electron chi connectivity index (χ1n) is 9.87. The lowest BCUT2D eigenvalue weighted by atomic mass is 10.00. The molecule has 0 bridgehead atoms. The molecule has 6 nitrogen and oxygen atoms in total. The van der Waals surface area contributed by atoms with Crippen LogP contribution in [0.15, 0.2) is 30.9 Å². The number of thiazole rings is 1. The number of hydrogen-bond acceptors (Lipinski definition) is 6. The summed E-state index contributed by atoms with van der Waals surface area (Å²) in [5.41, 5.74) is 7.03. The Hall–Kier alpha value is -2.75. The van der Waals surface area contributed by atoms with E-state index in [9.17, 15) is 9.18 Å². The Bertz CT molecular complexity index is 1210. The summed E-state index contributed by atoms with van der Waals surface area (Å²) in [4.78, 5) is 19.8. The molecule has 168 valence electrons. The Kier molecular flexibility index (Phi) is 6.32. The molecule has 0 saturated carbocycles. The van der Waals surface area contributed by atoms with Crippen molar-refractivity contribution in [1.82, 2.24) is 14.8 Å². The molecule has 1 aromatic heterocycles. The number of ether oxygens (including phenoxy) is 1. The number of carbonyl (C=O) groups excluding carboxylic acids is 1. The molecule has 1 aliphatic heterocycles. The third kappa shape index (κ3) is 4.03. The van der Waals surface area contributed by atoms with Gasteiger partial charge in [0.25, 0.3) is 0 Å². The summed E-state index contributed by atoms with van der Waals surface area (Å²) in [7, 11) is 1.39. The molecule has 1 aliphatic rings. The zero-order valence-electron chi connectivity index (χ0n) is 17.3. The second-order valence-corrected chi connectivity index (χ2v) is 8.81. The van der Waals surface area contributed by atoms with Crippen LogP contribution in [0.5, 0.6) is 5.75 Å². The predicted molar refractivity (Wildman–Crippen MR) is 123 cm³/mol. The van der Waals surface area contributed by atoms with Gasteiger partial charge in [0.1, 0.15) is 5.82 Å². The van der Waals surface area contributed by atoms with Crippen molar-refractivity contribution >= 4 is 44.2 Å². The number of benzene rings is 2. The monoisotopic (exact) mass is 478 g/mol. The van der Waals surface area contributed by atoms with Gasteiger partial charge >= 0.3 is 0 Å². The largest absolute Gasteiger partial charge is 0.493 e. The van der Waals surface area contributed by atoms with E-state index >= 15 is 4.39 Å². The van der Waals surface area contributed by atoms with Crippen molar-refractivity contribution in [2.75, 3.05) is 39.0 Å². The van der Waals surface area contributed by atoms with Gasteiger partial charge in [0.05, 0.1) is 22.3 Å². The number of anilines is 1. The molecule has 1 fully saturated rings. The standard InChI is InChI=1S/C22H21ClF2N4O2S/c1-3-16(30)29-8-6-28(7-9-29)11-12-10-14(23)17(18(25)20(12)31-2)13-4-5-15(24)21-19(13)27-22(26)32-21/h3-5,10H,1,6-9,11H2,2H3,(H2,26,27). The van der Waals surface area contributed by atoms with Gasteiger partial charge in [0.2, 0.25) is 5.91 Å². The van der Waals surface area contributed by atoms with Crippen LogP contribution in [0.2, 0.25) is 5.02 Å². The number of piperazine rings is 1. The summed E-state index contributed by atoms with van der Waals surface area (Å²) in [6.07, 6.45) is 1.30. The molecule has 2 N–H and O–H groups in total. The lowest BCUT2D eigenvalue weighted by molar-refractivity contribution is -0.127. The van der Waals surface area contributed by atoms with Crippen LogP contribution in [0, 0.1) is 11.6 Å². The molecule has 0 radical (unpaired) electrons. The summed E-state index contributed by atoms with van der Waals surface area (Å²) in [6, 6.07) is 4.34. The van der Waals surface area contributed by atoms with Crippen molar-refractivity contribution in [2.24, 2.45) is 0 Å². The number of fused-ring (bicyclic) bond motifs is 1. The minimum Gasteiger partial charge on any atom is -0.493 e. The van der Waals surface area contributed by atoms with Gasteiger partial charge in [0.15, 0.2) is 16.7 Å². The van der Waals surface area contributed by atoms with E-state index in [2.05, 4.69) is 16.5 Å². The molecule has 2 heterocycles. The Balaban J connectivity index is 1.68. The maximum absolute atomic E-state index is 15.6. The topological polar surface area (TPSA) is 71.7 Å². The van der Waals surface area contributed by atoms with Gasteiger partial charge < -0.3 is 15.4 Å².